The lowest BCUT2D eigenvalue weighted by Crippen LogP contribution is -2.60. The number of nitrogens with one attached hydrogen (secondary N) is 1. The summed E-state index contributed by atoms with van der Waals surface area (Å²) in [7, 11) is 1.60. The van der Waals surface area contributed by atoms with Gasteiger partial charge in [-0.1, -0.05) is 6.92 Å². The van der Waals surface area contributed by atoms with E-state index in [-0.39, 0.29) is 24.4 Å². The first kappa shape index (κ1) is 13.0. The van der Waals surface area contributed by atoms with Crippen LogP contribution in [0.1, 0.15) is 27.2 Å². The second-order valence-electron chi connectivity index (χ2n) is 4.69. The van der Waals surface area contributed by atoms with Crippen LogP contribution in [0.4, 0.5) is 0 Å². The van der Waals surface area contributed by atoms with Crippen LogP contribution in [0.3, 0.4) is 0 Å². The van der Waals surface area contributed by atoms with Gasteiger partial charge in [0.1, 0.15) is 6.04 Å². The predicted molar refractivity (Wildman–Crippen MR) is 59.9 cm³/mol. The molecule has 0 spiro atoms. The third-order valence-electron chi connectivity index (χ3n) is 2.81. The Hall–Kier alpha value is -1.10. The smallest absolute Gasteiger partial charge is 0.245 e. The Balaban J connectivity index is 2.71. The van der Waals surface area contributed by atoms with Crippen LogP contribution in [-0.4, -0.2) is 48.6 Å². The van der Waals surface area contributed by atoms with Gasteiger partial charge in [0, 0.05) is 13.7 Å². The van der Waals surface area contributed by atoms with Gasteiger partial charge < -0.3 is 15.0 Å². The molecule has 1 rings (SSSR count). The van der Waals surface area contributed by atoms with Gasteiger partial charge in [0.15, 0.2) is 0 Å². The van der Waals surface area contributed by atoms with Gasteiger partial charge in [0.25, 0.3) is 0 Å². The minimum Gasteiger partial charge on any atom is -0.377 e. The molecule has 1 fully saturated rings. The van der Waals surface area contributed by atoms with Gasteiger partial charge in [-0.25, -0.2) is 0 Å². The van der Waals surface area contributed by atoms with Crippen LogP contribution in [0.15, 0.2) is 0 Å². The average molecular weight is 228 g/mol. The van der Waals surface area contributed by atoms with E-state index in [9.17, 15) is 9.59 Å². The molecule has 1 heterocycles. The van der Waals surface area contributed by atoms with E-state index >= 15 is 0 Å². The summed E-state index contributed by atoms with van der Waals surface area (Å²) in [6, 6.07) is -0.381. The van der Waals surface area contributed by atoms with Crippen LogP contribution in [0.25, 0.3) is 0 Å². The van der Waals surface area contributed by atoms with Crippen molar-refractivity contribution < 1.29 is 14.3 Å². The lowest BCUT2D eigenvalue weighted by Gasteiger charge is -2.36. The first-order valence-electron chi connectivity index (χ1n) is 5.53. The standard InChI is InChI=1S/C11H20N2O3/c1-5-8-10(15)13(6-9(14)12-8)7-11(2,3)16-4/h8H,5-7H2,1-4H3,(H,12,14). The van der Waals surface area contributed by atoms with Crippen molar-refractivity contribution in [1.82, 2.24) is 10.2 Å². The van der Waals surface area contributed by atoms with E-state index in [0.717, 1.165) is 0 Å². The van der Waals surface area contributed by atoms with E-state index in [1.807, 2.05) is 20.8 Å². The van der Waals surface area contributed by atoms with Crippen molar-refractivity contribution in [1.29, 1.82) is 0 Å². The van der Waals surface area contributed by atoms with Crippen molar-refractivity contribution >= 4 is 11.8 Å². The third kappa shape index (κ3) is 2.95. The molecule has 1 aliphatic rings. The molecule has 1 atom stereocenters. The molecule has 0 aromatic heterocycles. The van der Waals surface area contributed by atoms with Gasteiger partial charge in [-0.05, 0) is 20.3 Å². The Morgan fingerprint density at radius 2 is 2.12 bits per heavy atom. The number of carbonyl (C=O) groups excluding carboxylic acids is 2. The highest BCUT2D eigenvalue weighted by molar-refractivity contribution is 5.94. The number of hydrogen-bond acceptors (Lipinski definition) is 3. The predicted octanol–water partition coefficient (Wildman–Crippen LogP) is 0.148. The fourth-order valence-corrected chi connectivity index (χ4v) is 1.71. The molecule has 0 saturated carbocycles. The molecule has 92 valence electrons. The molecule has 16 heavy (non-hydrogen) atoms. The second-order valence-corrected chi connectivity index (χ2v) is 4.69. The molecular weight excluding hydrogens is 208 g/mol. The number of carbonyl (C=O) groups is 2. The first-order valence-corrected chi connectivity index (χ1v) is 5.53. The molecular formula is C11H20N2O3. The van der Waals surface area contributed by atoms with Gasteiger partial charge in [0.2, 0.25) is 11.8 Å². The lowest BCUT2D eigenvalue weighted by molar-refractivity contribution is -0.147. The van der Waals surface area contributed by atoms with Crippen molar-refractivity contribution in [3.05, 3.63) is 0 Å². The molecule has 0 aromatic rings. The van der Waals surface area contributed by atoms with Crippen LogP contribution in [-0.2, 0) is 14.3 Å². The van der Waals surface area contributed by atoms with Crippen molar-refractivity contribution in [3.8, 4) is 0 Å². The summed E-state index contributed by atoms with van der Waals surface area (Å²) in [6.07, 6.45) is 0.620. The Morgan fingerprint density at radius 1 is 1.50 bits per heavy atom. The zero-order valence-electron chi connectivity index (χ0n) is 10.4. The molecule has 0 radical (unpaired) electrons. The molecule has 1 N–H and O–H groups in total. The summed E-state index contributed by atoms with van der Waals surface area (Å²) < 4.78 is 5.27. The topological polar surface area (TPSA) is 58.6 Å². The summed E-state index contributed by atoms with van der Waals surface area (Å²) in [5.41, 5.74) is -0.425. The molecule has 2 amide bonds. The lowest BCUT2D eigenvalue weighted by atomic mass is 10.1. The van der Waals surface area contributed by atoms with Gasteiger partial charge in [-0.15, -0.1) is 0 Å². The van der Waals surface area contributed by atoms with Crippen molar-refractivity contribution in [2.45, 2.75) is 38.8 Å². The molecule has 1 aliphatic heterocycles. The van der Waals surface area contributed by atoms with E-state index in [1.165, 1.54) is 0 Å². The van der Waals surface area contributed by atoms with Crippen LogP contribution in [0.5, 0.6) is 0 Å². The van der Waals surface area contributed by atoms with Gasteiger partial charge in [0.05, 0.1) is 12.1 Å². The van der Waals surface area contributed by atoms with Crippen LogP contribution in [0, 0.1) is 0 Å². The highest BCUT2D eigenvalue weighted by Gasteiger charge is 2.34. The highest BCUT2D eigenvalue weighted by Crippen LogP contribution is 2.13. The van der Waals surface area contributed by atoms with Gasteiger partial charge in [-0.2, -0.15) is 0 Å². The fourth-order valence-electron chi connectivity index (χ4n) is 1.71. The maximum atomic E-state index is 12.0. The Labute approximate surface area is 96.1 Å². The zero-order valence-corrected chi connectivity index (χ0v) is 10.4. The largest absolute Gasteiger partial charge is 0.377 e. The van der Waals surface area contributed by atoms with E-state index in [1.54, 1.807) is 12.0 Å². The molecule has 1 saturated heterocycles. The normalized spacial score (nSPS) is 22.2. The number of nitrogens with zero attached hydrogens (tertiary/aromatic N) is 1. The van der Waals surface area contributed by atoms with E-state index in [0.29, 0.717) is 13.0 Å². The van der Waals surface area contributed by atoms with E-state index < -0.39 is 5.60 Å². The van der Waals surface area contributed by atoms with Crippen molar-refractivity contribution in [2.24, 2.45) is 0 Å². The Bertz CT molecular complexity index is 289. The summed E-state index contributed by atoms with van der Waals surface area (Å²) >= 11 is 0. The Morgan fingerprint density at radius 3 is 2.62 bits per heavy atom. The minimum atomic E-state index is -0.425. The van der Waals surface area contributed by atoms with Crippen molar-refractivity contribution in [3.63, 3.8) is 0 Å². The maximum absolute atomic E-state index is 12.0. The fraction of sp³-hybridized carbons (Fsp3) is 0.818. The van der Waals surface area contributed by atoms with Gasteiger partial charge >= 0.3 is 0 Å². The number of piperazine rings is 1. The monoisotopic (exact) mass is 228 g/mol. The highest BCUT2D eigenvalue weighted by atomic mass is 16.5. The minimum absolute atomic E-state index is 0.0211. The quantitative estimate of drug-likeness (QED) is 0.745. The summed E-state index contributed by atoms with van der Waals surface area (Å²) in [6.45, 7) is 6.24. The number of methoxy groups -OCH3 is 1. The van der Waals surface area contributed by atoms with Crippen LogP contribution < -0.4 is 5.32 Å². The van der Waals surface area contributed by atoms with E-state index in [4.69, 9.17) is 4.74 Å². The van der Waals surface area contributed by atoms with Crippen LogP contribution in [0.2, 0.25) is 0 Å². The SMILES string of the molecule is CCC1NC(=O)CN(CC(C)(C)OC)C1=O. The zero-order chi connectivity index (χ0) is 12.3. The molecule has 5 nitrogen and oxygen atoms in total. The molecule has 5 heteroatoms. The summed E-state index contributed by atoms with van der Waals surface area (Å²) in [5, 5.41) is 2.68. The third-order valence-corrected chi connectivity index (χ3v) is 2.81. The Kier molecular flexibility index (Phi) is 3.91. The number of hydrogen-bond donors (Lipinski definition) is 1. The number of ether oxygens (including phenoxy) is 1. The first-order chi connectivity index (χ1) is 7.39. The number of rotatable bonds is 4. The van der Waals surface area contributed by atoms with E-state index in [2.05, 4.69) is 5.32 Å². The maximum Gasteiger partial charge on any atom is 0.245 e. The number of amides is 2. The summed E-state index contributed by atoms with van der Waals surface area (Å²) in [4.78, 5) is 24.9. The average Bonchev–Trinajstić information content (AvgIpc) is 2.22. The van der Waals surface area contributed by atoms with Gasteiger partial charge in [-0.3, -0.25) is 9.59 Å². The summed E-state index contributed by atoms with van der Waals surface area (Å²) in [5.74, 6) is -0.120. The molecule has 0 bridgehead atoms. The van der Waals surface area contributed by atoms with Crippen molar-refractivity contribution in [2.75, 3.05) is 20.2 Å². The molecule has 1 unspecified atom stereocenters. The van der Waals surface area contributed by atoms with Crippen LogP contribution >= 0.6 is 0 Å². The molecule has 0 aliphatic carbocycles. The second kappa shape index (κ2) is 4.82. The molecule has 0 aromatic carbocycles.